The molecule has 6 heteroatoms. The van der Waals surface area contributed by atoms with Crippen LogP contribution in [-0.2, 0) is 19.1 Å². The molecular weight excluding hydrogens is 647 g/mol. The van der Waals surface area contributed by atoms with E-state index in [-0.39, 0.29) is 18.5 Å². The van der Waals surface area contributed by atoms with Crippen molar-refractivity contribution in [2.75, 3.05) is 32.8 Å². The second-order valence-corrected chi connectivity index (χ2v) is 16.9. The van der Waals surface area contributed by atoms with Crippen LogP contribution in [0.15, 0.2) is 12.3 Å². The summed E-state index contributed by atoms with van der Waals surface area (Å²) in [6, 6.07) is 0. The molecule has 3 rings (SSSR count). The van der Waals surface area contributed by atoms with E-state index < -0.39 is 0 Å². The van der Waals surface area contributed by atoms with E-state index in [1.807, 2.05) is 0 Å². The number of hydrogen-bond acceptors (Lipinski definition) is 6. The molecule has 0 heterocycles. The highest BCUT2D eigenvalue weighted by Gasteiger charge is 2.63. The lowest BCUT2D eigenvalue weighted by Gasteiger charge is -2.22. The first-order valence-corrected chi connectivity index (χ1v) is 22.7. The van der Waals surface area contributed by atoms with E-state index in [0.717, 1.165) is 71.0 Å². The molecule has 4 atom stereocenters. The lowest BCUT2D eigenvalue weighted by Crippen LogP contribution is -2.27. The van der Waals surface area contributed by atoms with Gasteiger partial charge in [-0.15, -0.1) is 0 Å². The quantitative estimate of drug-likeness (QED) is 0.0411. The fraction of sp³-hybridized carbons (Fsp3) is 0.913. The Labute approximate surface area is 322 Å². The Bertz CT molecular complexity index is 896. The van der Waals surface area contributed by atoms with Crippen LogP contribution in [0.2, 0.25) is 0 Å². The lowest BCUT2D eigenvalue weighted by atomic mass is 9.92. The van der Waals surface area contributed by atoms with E-state index in [1.54, 1.807) is 26.2 Å². The lowest BCUT2D eigenvalue weighted by molar-refractivity contribution is -0.144. The van der Waals surface area contributed by atoms with Gasteiger partial charge >= 0.3 is 11.9 Å². The number of unbranched alkanes of at least 4 members (excludes halogenated alkanes) is 13. The van der Waals surface area contributed by atoms with Gasteiger partial charge in [0, 0.05) is 19.4 Å². The van der Waals surface area contributed by atoms with Gasteiger partial charge < -0.3 is 19.5 Å². The molecule has 304 valence electrons. The van der Waals surface area contributed by atoms with Gasteiger partial charge in [0.2, 0.25) is 0 Å². The molecule has 3 aliphatic rings. The maximum Gasteiger partial charge on any atom is 0.310 e. The molecule has 52 heavy (non-hydrogen) atoms. The summed E-state index contributed by atoms with van der Waals surface area (Å²) in [4.78, 5) is 26.3. The molecule has 1 N–H and O–H groups in total. The van der Waals surface area contributed by atoms with Crippen molar-refractivity contribution in [2.45, 2.75) is 201 Å². The number of esters is 2. The summed E-state index contributed by atoms with van der Waals surface area (Å²) in [6.07, 6.45) is 31.6. The number of hydrogen-bond donors (Lipinski definition) is 1. The minimum Gasteiger partial charge on any atom is -0.466 e. The van der Waals surface area contributed by atoms with E-state index >= 15 is 0 Å². The third kappa shape index (κ3) is 20.9. The first-order valence-electron chi connectivity index (χ1n) is 22.7. The van der Waals surface area contributed by atoms with Crippen LogP contribution in [-0.4, -0.2) is 54.8 Å². The van der Waals surface area contributed by atoms with Crippen LogP contribution in [0.25, 0.3) is 0 Å². The zero-order valence-electron chi connectivity index (χ0n) is 34.8. The number of allylic oxidation sites excluding steroid dienone is 1. The molecule has 6 nitrogen and oxygen atoms in total. The topological polar surface area (TPSA) is 76.1 Å². The van der Waals surface area contributed by atoms with Crippen molar-refractivity contribution in [3.63, 3.8) is 0 Å². The highest BCUT2D eigenvalue weighted by atomic mass is 16.5. The predicted molar refractivity (Wildman–Crippen MR) is 218 cm³/mol. The first-order chi connectivity index (χ1) is 25.3. The summed E-state index contributed by atoms with van der Waals surface area (Å²) in [5.74, 6) is 7.01. The first kappa shape index (κ1) is 46.8. The van der Waals surface area contributed by atoms with E-state index in [1.165, 1.54) is 119 Å². The smallest absolute Gasteiger partial charge is 0.310 e. The summed E-state index contributed by atoms with van der Waals surface area (Å²) in [5, 5.41) is 9.16. The normalized spacial score (nSPS) is 21.2. The number of carbonyl (C=O) groups excluding carboxylic acids is 2. The Morgan fingerprint density at radius 2 is 1.17 bits per heavy atom. The Morgan fingerprint density at radius 3 is 1.67 bits per heavy atom. The molecule has 3 fully saturated rings. The SMILES string of the molecule is C=C(C)OC(=O)CCCCCCCN(CCCCO)CCCCCCCC(=O)OCCC(CCCCC)CCCCC.CCC1C2C3CCC(C3)C12. The average molecular weight is 732 g/mol. The second kappa shape index (κ2) is 29.9. The molecule has 0 aliphatic heterocycles. The molecule has 0 aromatic carbocycles. The fourth-order valence-electron chi connectivity index (χ4n) is 9.56. The number of aliphatic hydroxyl groups is 1. The molecule has 4 unspecified atom stereocenters. The van der Waals surface area contributed by atoms with E-state index in [2.05, 4.69) is 32.3 Å². The Hall–Kier alpha value is -1.40. The largest absolute Gasteiger partial charge is 0.466 e. The number of nitrogens with zero attached hydrogens (tertiary/aromatic N) is 1. The van der Waals surface area contributed by atoms with Crippen molar-refractivity contribution in [3.05, 3.63) is 12.3 Å². The third-order valence-electron chi connectivity index (χ3n) is 12.5. The Morgan fingerprint density at radius 1 is 0.673 bits per heavy atom. The van der Waals surface area contributed by atoms with Crippen molar-refractivity contribution in [3.8, 4) is 0 Å². The van der Waals surface area contributed by atoms with Crippen molar-refractivity contribution in [2.24, 2.45) is 35.5 Å². The van der Waals surface area contributed by atoms with Crippen molar-refractivity contribution >= 4 is 11.9 Å². The third-order valence-corrected chi connectivity index (χ3v) is 12.5. The van der Waals surface area contributed by atoms with Gasteiger partial charge in [0.1, 0.15) is 0 Å². The minimum absolute atomic E-state index is 0.0160. The standard InChI is InChI=1S/C36H69NO5.C10H16/c1-5-7-15-23-34(24-16-8-6-2)27-32-41-35(39)25-17-11-9-13-19-28-37(30-21-22-31-38)29-20-14-10-12-18-26-36(40)42-33(3)4;1-2-8-9-6-3-4-7(5-6)10(8)9/h34,38H,3,5-32H2,1-2,4H3;6-10H,2-5H2,1H3. The van der Waals surface area contributed by atoms with E-state index in [9.17, 15) is 9.59 Å². The molecule has 0 aromatic rings. The van der Waals surface area contributed by atoms with Gasteiger partial charge in [-0.3, -0.25) is 9.59 Å². The van der Waals surface area contributed by atoms with Crippen molar-refractivity contribution in [1.82, 2.24) is 4.90 Å². The van der Waals surface area contributed by atoms with Gasteiger partial charge in [0.05, 0.1) is 12.4 Å². The Balaban J connectivity index is 0.000000775. The average Bonchev–Trinajstić information content (AvgIpc) is 3.52. The van der Waals surface area contributed by atoms with Crippen LogP contribution in [0, 0.1) is 35.5 Å². The minimum atomic E-state index is -0.174. The summed E-state index contributed by atoms with van der Waals surface area (Å²) in [5.41, 5.74) is 0. The van der Waals surface area contributed by atoms with Gasteiger partial charge in [0.25, 0.3) is 0 Å². The fourth-order valence-corrected chi connectivity index (χ4v) is 9.56. The number of carbonyl (C=O) groups is 2. The van der Waals surface area contributed by atoms with Gasteiger partial charge in [-0.05, 0) is 126 Å². The van der Waals surface area contributed by atoms with Gasteiger partial charge in [-0.25, -0.2) is 0 Å². The molecule has 3 aliphatic carbocycles. The van der Waals surface area contributed by atoms with Crippen LogP contribution in [0.1, 0.15) is 201 Å². The van der Waals surface area contributed by atoms with Gasteiger partial charge in [0.15, 0.2) is 0 Å². The zero-order valence-corrected chi connectivity index (χ0v) is 34.8. The Kier molecular flexibility index (Phi) is 26.9. The number of rotatable bonds is 33. The molecule has 0 spiro atoms. The highest BCUT2D eigenvalue weighted by molar-refractivity contribution is 5.70. The van der Waals surface area contributed by atoms with Crippen LogP contribution in [0.5, 0.6) is 0 Å². The van der Waals surface area contributed by atoms with Crippen LogP contribution < -0.4 is 0 Å². The maximum absolute atomic E-state index is 12.2. The maximum atomic E-state index is 12.2. The van der Waals surface area contributed by atoms with E-state index in [4.69, 9.17) is 14.6 Å². The monoisotopic (exact) mass is 732 g/mol. The zero-order chi connectivity index (χ0) is 37.8. The molecule has 0 aromatic heterocycles. The number of ether oxygens (including phenoxy) is 2. The second-order valence-electron chi connectivity index (χ2n) is 16.9. The summed E-state index contributed by atoms with van der Waals surface area (Å²) < 4.78 is 10.6. The predicted octanol–water partition coefficient (Wildman–Crippen LogP) is 12.2. The summed E-state index contributed by atoms with van der Waals surface area (Å²) in [6.45, 7) is 16.3. The van der Waals surface area contributed by atoms with Crippen molar-refractivity contribution in [1.29, 1.82) is 0 Å². The molecule has 2 bridgehead atoms. The molecule has 0 amide bonds. The molecule has 0 saturated heterocycles. The number of aliphatic hydroxyl groups excluding tert-OH is 1. The van der Waals surface area contributed by atoms with E-state index in [0.29, 0.717) is 31.1 Å². The van der Waals surface area contributed by atoms with Crippen LogP contribution in [0.3, 0.4) is 0 Å². The molecule has 0 radical (unpaired) electrons. The van der Waals surface area contributed by atoms with Crippen LogP contribution in [0.4, 0.5) is 0 Å². The van der Waals surface area contributed by atoms with Crippen LogP contribution >= 0.6 is 0 Å². The van der Waals surface area contributed by atoms with Gasteiger partial charge in [-0.1, -0.05) is 124 Å². The molecular formula is C46H85NO5. The van der Waals surface area contributed by atoms with Gasteiger partial charge in [-0.2, -0.15) is 0 Å². The number of fused-ring (bicyclic) bond motifs is 5. The molecule has 3 saturated carbocycles. The summed E-state index contributed by atoms with van der Waals surface area (Å²) in [7, 11) is 0. The summed E-state index contributed by atoms with van der Waals surface area (Å²) >= 11 is 0. The highest BCUT2D eigenvalue weighted by Crippen LogP contribution is 2.70. The van der Waals surface area contributed by atoms with Crippen molar-refractivity contribution < 1.29 is 24.2 Å².